The molecule has 0 saturated carbocycles. The largest absolute Gasteiger partial charge is 0.609 e. The van der Waals surface area contributed by atoms with Crippen LogP contribution in [0.1, 0.15) is 5.56 Å². The summed E-state index contributed by atoms with van der Waals surface area (Å²) in [6.07, 6.45) is 5.99. The third-order valence-electron chi connectivity index (χ3n) is 4.17. The van der Waals surface area contributed by atoms with Gasteiger partial charge in [-0.15, -0.1) is 0 Å². The van der Waals surface area contributed by atoms with E-state index in [1.54, 1.807) is 18.3 Å². The highest BCUT2D eigenvalue weighted by Gasteiger charge is 2.17. The van der Waals surface area contributed by atoms with Crippen LogP contribution in [0.5, 0.6) is 11.6 Å². The van der Waals surface area contributed by atoms with Gasteiger partial charge in [0.05, 0.1) is 11.3 Å². The maximum absolute atomic E-state index is 13.6. The monoisotopic (exact) mass is 394 g/mol. The Morgan fingerprint density at radius 1 is 1.11 bits per heavy atom. The molecule has 2 heterocycles. The summed E-state index contributed by atoms with van der Waals surface area (Å²) in [5.41, 5.74) is 1.91. The number of rotatable bonds is 4. The van der Waals surface area contributed by atoms with Crippen LogP contribution in [0.2, 0.25) is 0 Å². The maximum Gasteiger partial charge on any atom is 0.342 e. The van der Waals surface area contributed by atoms with E-state index < -0.39 is 11.2 Å². The molecule has 0 amide bonds. The molecule has 2 aromatic heterocycles. The van der Waals surface area contributed by atoms with E-state index in [-0.39, 0.29) is 11.0 Å². The second-order valence-electron chi connectivity index (χ2n) is 6.10. The molecular formula is C20H15FN4O2S. The van der Waals surface area contributed by atoms with Gasteiger partial charge < -0.3 is 9.29 Å². The molecule has 140 valence electrons. The summed E-state index contributed by atoms with van der Waals surface area (Å²) >= 11 is -1.32. The van der Waals surface area contributed by atoms with E-state index in [1.807, 2.05) is 19.1 Å². The van der Waals surface area contributed by atoms with Crippen LogP contribution in [-0.2, 0) is 11.2 Å². The van der Waals surface area contributed by atoms with E-state index in [4.69, 9.17) is 4.74 Å². The Balaban J connectivity index is 1.82. The Kier molecular flexibility index (Phi) is 4.89. The van der Waals surface area contributed by atoms with Crippen molar-refractivity contribution in [2.24, 2.45) is 0 Å². The number of hydrogen-bond donors (Lipinski definition) is 0. The maximum atomic E-state index is 13.6. The van der Waals surface area contributed by atoms with E-state index in [1.165, 1.54) is 30.9 Å². The first-order valence-corrected chi connectivity index (χ1v) is 9.92. The van der Waals surface area contributed by atoms with Gasteiger partial charge in [-0.05, 0) is 42.1 Å². The van der Waals surface area contributed by atoms with E-state index in [0.717, 1.165) is 16.3 Å². The average molecular weight is 394 g/mol. The van der Waals surface area contributed by atoms with Crippen LogP contribution in [0.3, 0.4) is 0 Å². The van der Waals surface area contributed by atoms with E-state index >= 15 is 0 Å². The Morgan fingerprint density at radius 3 is 2.79 bits per heavy atom. The number of ether oxygens (including phenoxy) is 1. The highest BCUT2D eigenvalue weighted by atomic mass is 32.2. The molecule has 0 N–H and O–H groups in total. The molecule has 1 atom stereocenters. The van der Waals surface area contributed by atoms with Gasteiger partial charge in [0.1, 0.15) is 24.1 Å². The lowest BCUT2D eigenvalue weighted by molar-refractivity contribution is 0.465. The van der Waals surface area contributed by atoms with Gasteiger partial charge in [-0.25, -0.2) is 14.4 Å². The zero-order chi connectivity index (χ0) is 19.7. The minimum absolute atomic E-state index is 0.212. The zero-order valence-electron chi connectivity index (χ0n) is 15.1. The number of hydrogen-bond acceptors (Lipinski definition) is 6. The Morgan fingerprint density at radius 2 is 1.96 bits per heavy atom. The fourth-order valence-corrected chi connectivity index (χ4v) is 3.25. The topological polar surface area (TPSA) is 83.9 Å². The third-order valence-corrected chi connectivity index (χ3v) is 4.88. The van der Waals surface area contributed by atoms with Crippen LogP contribution in [0, 0.1) is 12.7 Å². The lowest BCUT2D eigenvalue weighted by Crippen LogP contribution is -2.05. The van der Waals surface area contributed by atoms with E-state index in [0.29, 0.717) is 22.9 Å². The third kappa shape index (κ3) is 3.51. The lowest BCUT2D eigenvalue weighted by atomic mass is 10.1. The smallest absolute Gasteiger partial charge is 0.342 e. The number of aryl methyl sites for hydroxylation is 1. The SMILES string of the molecule is Cc1ccc2cc(F)ccc2c1Oc1ncncc1-c1ccnc([S+](C)[O-])n1. The van der Waals surface area contributed by atoms with Crippen molar-refractivity contribution >= 4 is 21.9 Å². The molecule has 6 nitrogen and oxygen atoms in total. The van der Waals surface area contributed by atoms with Gasteiger partial charge >= 0.3 is 5.16 Å². The molecule has 0 aliphatic carbocycles. The van der Waals surface area contributed by atoms with Crippen LogP contribution in [0.15, 0.2) is 60.3 Å². The minimum Gasteiger partial charge on any atom is -0.609 e. The summed E-state index contributed by atoms with van der Waals surface area (Å²) in [6.45, 7) is 1.90. The van der Waals surface area contributed by atoms with Crippen molar-refractivity contribution in [1.82, 2.24) is 19.9 Å². The molecule has 1 unspecified atom stereocenters. The molecule has 4 aromatic rings. The number of aromatic nitrogens is 4. The predicted octanol–water partition coefficient (Wildman–Crippen LogP) is 4.06. The number of nitrogens with zero attached hydrogens (tertiary/aromatic N) is 4. The van der Waals surface area contributed by atoms with Gasteiger partial charge in [0.25, 0.3) is 0 Å². The zero-order valence-corrected chi connectivity index (χ0v) is 15.9. The quantitative estimate of drug-likeness (QED) is 0.383. The summed E-state index contributed by atoms with van der Waals surface area (Å²) < 4.78 is 31.4. The molecule has 2 aromatic carbocycles. The molecule has 8 heteroatoms. The summed E-state index contributed by atoms with van der Waals surface area (Å²) in [6, 6.07) is 9.90. The summed E-state index contributed by atoms with van der Waals surface area (Å²) in [7, 11) is 0. The first-order chi connectivity index (χ1) is 13.5. The van der Waals surface area contributed by atoms with Crippen molar-refractivity contribution in [3.05, 3.63) is 66.5 Å². The number of benzene rings is 2. The molecular weight excluding hydrogens is 379 g/mol. The van der Waals surface area contributed by atoms with Gasteiger partial charge in [0.2, 0.25) is 5.88 Å². The van der Waals surface area contributed by atoms with Crippen molar-refractivity contribution < 1.29 is 13.7 Å². The lowest BCUT2D eigenvalue weighted by Gasteiger charge is -2.14. The van der Waals surface area contributed by atoms with Crippen molar-refractivity contribution in [2.45, 2.75) is 12.1 Å². The Bertz CT molecular complexity index is 1170. The molecule has 0 aliphatic heterocycles. The highest BCUT2D eigenvalue weighted by molar-refractivity contribution is 7.90. The second kappa shape index (κ2) is 7.49. The van der Waals surface area contributed by atoms with Crippen LogP contribution < -0.4 is 4.74 Å². The average Bonchev–Trinajstić information content (AvgIpc) is 2.70. The molecule has 0 bridgehead atoms. The normalized spacial score (nSPS) is 12.1. The molecule has 0 radical (unpaired) electrons. The van der Waals surface area contributed by atoms with Gasteiger partial charge in [-0.3, -0.25) is 0 Å². The molecule has 0 saturated heterocycles. The van der Waals surface area contributed by atoms with Gasteiger partial charge in [-0.2, -0.15) is 9.97 Å². The minimum atomic E-state index is -1.32. The van der Waals surface area contributed by atoms with Crippen molar-refractivity contribution in [1.29, 1.82) is 0 Å². The standard InChI is InChI=1S/C20H15FN4O2S/c1-12-3-4-13-9-14(21)5-6-15(13)18(12)27-19-16(10-22-11-24-19)17-7-8-23-20(25-17)28(2)26/h3-11H,1-2H3. The summed E-state index contributed by atoms with van der Waals surface area (Å²) in [4.78, 5) is 16.6. The van der Waals surface area contributed by atoms with Crippen LogP contribution >= 0.6 is 0 Å². The molecule has 28 heavy (non-hydrogen) atoms. The molecule has 0 fully saturated rings. The van der Waals surface area contributed by atoms with Crippen LogP contribution in [0.25, 0.3) is 22.0 Å². The fourth-order valence-electron chi connectivity index (χ4n) is 2.82. The molecule has 0 aliphatic rings. The van der Waals surface area contributed by atoms with Crippen LogP contribution in [-0.4, -0.2) is 30.7 Å². The van der Waals surface area contributed by atoms with E-state index in [9.17, 15) is 8.94 Å². The Hall–Kier alpha value is -3.10. The number of fused-ring (bicyclic) bond motifs is 1. The predicted molar refractivity (Wildman–Crippen MR) is 104 cm³/mol. The second-order valence-corrected chi connectivity index (χ2v) is 7.37. The summed E-state index contributed by atoms with van der Waals surface area (Å²) in [5.74, 6) is 0.554. The van der Waals surface area contributed by atoms with Crippen molar-refractivity contribution in [2.75, 3.05) is 6.26 Å². The van der Waals surface area contributed by atoms with Gasteiger partial charge in [-0.1, -0.05) is 12.1 Å². The molecule has 0 spiro atoms. The van der Waals surface area contributed by atoms with Gasteiger partial charge in [0.15, 0.2) is 0 Å². The van der Waals surface area contributed by atoms with Gasteiger partial charge in [0, 0.05) is 29.0 Å². The molecule has 4 rings (SSSR count). The van der Waals surface area contributed by atoms with Crippen molar-refractivity contribution in [3.8, 4) is 22.9 Å². The Labute approximate surface area is 163 Å². The summed E-state index contributed by atoms with van der Waals surface area (Å²) in [5, 5.41) is 1.70. The van der Waals surface area contributed by atoms with Crippen molar-refractivity contribution in [3.63, 3.8) is 0 Å². The first kappa shape index (κ1) is 18.3. The number of halogens is 1. The first-order valence-electron chi connectivity index (χ1n) is 8.36. The highest BCUT2D eigenvalue weighted by Crippen LogP contribution is 2.36. The van der Waals surface area contributed by atoms with Crippen LogP contribution in [0.4, 0.5) is 4.39 Å². The fraction of sp³-hybridized carbons (Fsp3) is 0.100. The van der Waals surface area contributed by atoms with E-state index in [2.05, 4.69) is 19.9 Å².